The number of hydrogen-bond acceptors (Lipinski definition) is 6. The van der Waals surface area contributed by atoms with Crippen LogP contribution in [-0.4, -0.2) is 51.8 Å². The van der Waals surface area contributed by atoms with Crippen LogP contribution in [0.25, 0.3) is 0 Å². The van der Waals surface area contributed by atoms with Gasteiger partial charge in [-0.25, -0.2) is 12.7 Å². The highest BCUT2D eigenvalue weighted by Crippen LogP contribution is 2.29. The van der Waals surface area contributed by atoms with Crippen molar-refractivity contribution in [1.82, 2.24) is 9.62 Å². The normalized spacial score (nSPS) is 12.7. The van der Waals surface area contributed by atoms with Gasteiger partial charge in [0.2, 0.25) is 15.9 Å². The minimum absolute atomic E-state index is 0.000631. The third-order valence-corrected chi connectivity index (χ3v) is 6.00. The molecule has 158 valence electrons. The molecule has 0 spiro atoms. The summed E-state index contributed by atoms with van der Waals surface area (Å²) in [5, 5.41) is 5.28. The van der Waals surface area contributed by atoms with E-state index < -0.39 is 27.9 Å². The summed E-state index contributed by atoms with van der Waals surface area (Å²) in [7, 11) is 0.532. The van der Waals surface area contributed by atoms with Gasteiger partial charge in [-0.15, -0.1) is 0 Å². The molecule has 1 aromatic heterocycles. The third-order valence-electron chi connectivity index (χ3n) is 4.19. The number of sulfonamides is 1. The van der Waals surface area contributed by atoms with Crippen LogP contribution in [0, 0.1) is 5.92 Å². The zero-order chi connectivity index (χ0) is 21.8. The first-order valence-electron chi connectivity index (χ1n) is 8.83. The van der Waals surface area contributed by atoms with Gasteiger partial charge in [-0.3, -0.25) is 9.59 Å². The van der Waals surface area contributed by atoms with Crippen molar-refractivity contribution in [2.75, 3.05) is 26.5 Å². The highest BCUT2D eigenvalue weighted by atomic mass is 32.2. The van der Waals surface area contributed by atoms with E-state index in [1.807, 2.05) is 0 Å². The second-order valence-corrected chi connectivity index (χ2v) is 8.96. The van der Waals surface area contributed by atoms with E-state index in [2.05, 4.69) is 10.6 Å². The monoisotopic (exact) mass is 423 g/mol. The van der Waals surface area contributed by atoms with Gasteiger partial charge in [0, 0.05) is 14.1 Å². The van der Waals surface area contributed by atoms with Gasteiger partial charge in [-0.05, 0) is 36.2 Å². The van der Waals surface area contributed by atoms with Crippen LogP contribution in [0.4, 0.5) is 5.69 Å². The van der Waals surface area contributed by atoms with Crippen LogP contribution in [0.15, 0.2) is 45.9 Å². The van der Waals surface area contributed by atoms with Crippen LogP contribution in [0.2, 0.25) is 0 Å². The Hall–Kier alpha value is -2.85. The smallest absolute Gasteiger partial charge is 0.287 e. The Morgan fingerprint density at radius 3 is 2.38 bits per heavy atom. The molecule has 0 saturated carbocycles. The third kappa shape index (κ3) is 5.15. The lowest BCUT2D eigenvalue weighted by Gasteiger charge is -2.22. The summed E-state index contributed by atoms with van der Waals surface area (Å²) in [4.78, 5) is 25.1. The Balaban J connectivity index is 2.29. The number of anilines is 1. The number of nitrogens with zero attached hydrogens (tertiary/aromatic N) is 1. The molecule has 1 heterocycles. The molecular formula is C19H25N3O6S. The number of nitrogens with one attached hydrogen (secondary N) is 2. The van der Waals surface area contributed by atoms with E-state index >= 15 is 0 Å². The summed E-state index contributed by atoms with van der Waals surface area (Å²) in [6.45, 7) is 3.55. The topological polar surface area (TPSA) is 118 Å². The van der Waals surface area contributed by atoms with E-state index in [9.17, 15) is 18.0 Å². The molecule has 2 N–H and O–H groups in total. The van der Waals surface area contributed by atoms with E-state index in [1.54, 1.807) is 19.9 Å². The molecular weight excluding hydrogens is 398 g/mol. The average Bonchev–Trinajstić information content (AvgIpc) is 3.20. The fraction of sp³-hybridized carbons (Fsp3) is 0.368. The quantitative estimate of drug-likeness (QED) is 0.670. The number of carbonyl (C=O) groups excluding carboxylic acids is 2. The van der Waals surface area contributed by atoms with Crippen molar-refractivity contribution in [3.05, 3.63) is 42.4 Å². The number of hydrogen-bond donors (Lipinski definition) is 2. The van der Waals surface area contributed by atoms with Gasteiger partial charge in [-0.1, -0.05) is 13.8 Å². The van der Waals surface area contributed by atoms with Crippen molar-refractivity contribution in [2.45, 2.75) is 24.8 Å². The highest BCUT2D eigenvalue weighted by molar-refractivity contribution is 7.89. The number of methoxy groups -OCH3 is 1. The molecule has 0 radical (unpaired) electrons. The van der Waals surface area contributed by atoms with Gasteiger partial charge < -0.3 is 19.8 Å². The van der Waals surface area contributed by atoms with E-state index in [1.165, 1.54) is 51.7 Å². The summed E-state index contributed by atoms with van der Waals surface area (Å²) in [6.07, 6.45) is 1.36. The molecule has 9 nitrogen and oxygen atoms in total. The molecule has 10 heteroatoms. The highest BCUT2D eigenvalue weighted by Gasteiger charge is 2.27. The lowest BCUT2D eigenvalue weighted by Crippen LogP contribution is -2.47. The molecule has 0 fully saturated rings. The molecule has 2 amide bonds. The van der Waals surface area contributed by atoms with Crippen molar-refractivity contribution >= 4 is 27.5 Å². The van der Waals surface area contributed by atoms with Crippen molar-refractivity contribution in [2.24, 2.45) is 5.92 Å². The van der Waals surface area contributed by atoms with Gasteiger partial charge in [0.25, 0.3) is 5.91 Å². The molecule has 1 aromatic carbocycles. The van der Waals surface area contributed by atoms with Crippen LogP contribution in [-0.2, 0) is 14.8 Å². The van der Waals surface area contributed by atoms with Crippen LogP contribution in [0.1, 0.15) is 24.4 Å². The number of furan rings is 1. The van der Waals surface area contributed by atoms with Crippen molar-refractivity contribution < 1.29 is 27.2 Å². The van der Waals surface area contributed by atoms with Gasteiger partial charge in [0.05, 0.1) is 24.0 Å². The van der Waals surface area contributed by atoms with Crippen molar-refractivity contribution in [1.29, 1.82) is 0 Å². The van der Waals surface area contributed by atoms with E-state index in [0.717, 1.165) is 4.31 Å². The van der Waals surface area contributed by atoms with E-state index in [4.69, 9.17) is 9.15 Å². The maximum absolute atomic E-state index is 12.9. The van der Waals surface area contributed by atoms with Crippen molar-refractivity contribution in [3.63, 3.8) is 0 Å². The fourth-order valence-electron chi connectivity index (χ4n) is 2.52. The van der Waals surface area contributed by atoms with E-state index in [0.29, 0.717) is 0 Å². The molecule has 2 rings (SSSR count). The maximum atomic E-state index is 12.9. The predicted octanol–water partition coefficient (Wildman–Crippen LogP) is 1.93. The van der Waals surface area contributed by atoms with Crippen LogP contribution in [0.5, 0.6) is 5.75 Å². The Morgan fingerprint density at radius 1 is 1.17 bits per heavy atom. The number of amides is 2. The average molecular weight is 423 g/mol. The van der Waals surface area contributed by atoms with Gasteiger partial charge in [0.1, 0.15) is 11.8 Å². The zero-order valence-electron chi connectivity index (χ0n) is 16.9. The maximum Gasteiger partial charge on any atom is 0.287 e. The van der Waals surface area contributed by atoms with Gasteiger partial charge in [0.15, 0.2) is 5.76 Å². The van der Waals surface area contributed by atoms with Gasteiger partial charge >= 0.3 is 0 Å². The lowest BCUT2D eigenvalue weighted by molar-refractivity contribution is -0.118. The Bertz CT molecular complexity index is 968. The first kappa shape index (κ1) is 22.4. The molecule has 1 atom stereocenters. The number of rotatable bonds is 8. The minimum Gasteiger partial charge on any atom is -0.495 e. The summed E-state index contributed by atoms with van der Waals surface area (Å²) in [6, 6.07) is 6.34. The lowest BCUT2D eigenvalue weighted by atomic mass is 10.0. The molecule has 2 aromatic rings. The molecule has 0 bridgehead atoms. The second-order valence-electron chi connectivity index (χ2n) is 6.81. The first-order valence-corrected chi connectivity index (χ1v) is 10.3. The Labute approximate surface area is 170 Å². The molecule has 0 aliphatic rings. The predicted molar refractivity (Wildman–Crippen MR) is 107 cm³/mol. The molecule has 29 heavy (non-hydrogen) atoms. The summed E-state index contributed by atoms with van der Waals surface area (Å²) in [5.74, 6) is -0.915. The summed E-state index contributed by atoms with van der Waals surface area (Å²) < 4.78 is 36.1. The molecule has 0 saturated heterocycles. The molecule has 0 aliphatic heterocycles. The van der Waals surface area contributed by atoms with Crippen LogP contribution >= 0.6 is 0 Å². The summed E-state index contributed by atoms with van der Waals surface area (Å²) >= 11 is 0. The summed E-state index contributed by atoms with van der Waals surface area (Å²) in [5.41, 5.74) is 0.179. The number of carbonyl (C=O) groups is 2. The molecule has 0 unspecified atom stereocenters. The van der Waals surface area contributed by atoms with Gasteiger partial charge in [-0.2, -0.15) is 0 Å². The Morgan fingerprint density at radius 2 is 1.86 bits per heavy atom. The number of ether oxygens (including phenoxy) is 1. The largest absolute Gasteiger partial charge is 0.495 e. The van der Waals surface area contributed by atoms with E-state index in [-0.39, 0.29) is 28.0 Å². The second kappa shape index (κ2) is 9.10. The number of benzene rings is 1. The zero-order valence-corrected chi connectivity index (χ0v) is 17.7. The van der Waals surface area contributed by atoms with Crippen LogP contribution in [0.3, 0.4) is 0 Å². The van der Waals surface area contributed by atoms with Crippen LogP contribution < -0.4 is 15.4 Å². The van der Waals surface area contributed by atoms with Crippen molar-refractivity contribution in [3.8, 4) is 5.75 Å². The fourth-order valence-corrected chi connectivity index (χ4v) is 3.45. The standard InChI is InChI=1S/C19H25N3O6S/c1-12(2)17(21-18(23)16-7-6-10-28-16)19(24)20-14-11-13(8-9-15(14)27-5)29(25,26)22(3)4/h6-12,17H,1-5H3,(H,20,24)(H,21,23)/t17-/m0/s1. The minimum atomic E-state index is -3.70. The first-order chi connectivity index (χ1) is 13.6. The SMILES string of the molecule is COc1ccc(S(=O)(=O)N(C)C)cc1NC(=O)[C@@H](NC(=O)c1ccco1)C(C)C. The molecule has 0 aliphatic carbocycles. The Kier molecular flexibility index (Phi) is 7.04.